The van der Waals surface area contributed by atoms with Crippen molar-refractivity contribution in [3.63, 3.8) is 0 Å². The Hall–Kier alpha value is -1.92. The highest BCUT2D eigenvalue weighted by atomic mass is 16.5. The Bertz CT molecular complexity index is 582. The van der Waals surface area contributed by atoms with Crippen molar-refractivity contribution >= 4 is 17.5 Å². The van der Waals surface area contributed by atoms with Gasteiger partial charge in [-0.1, -0.05) is 0 Å². The molecule has 2 heterocycles. The number of aryl methyl sites for hydroxylation is 1. The maximum absolute atomic E-state index is 12.2. The topological polar surface area (TPSA) is 70.7 Å². The predicted molar refractivity (Wildman–Crippen MR) is 87.6 cm³/mol. The quantitative estimate of drug-likeness (QED) is 0.796. The van der Waals surface area contributed by atoms with E-state index < -0.39 is 0 Å². The zero-order valence-electron chi connectivity index (χ0n) is 13.3. The summed E-state index contributed by atoms with van der Waals surface area (Å²) >= 11 is 0. The van der Waals surface area contributed by atoms with E-state index >= 15 is 0 Å². The lowest BCUT2D eigenvalue weighted by atomic mass is 10.00. The van der Waals surface area contributed by atoms with E-state index in [-0.39, 0.29) is 11.8 Å². The van der Waals surface area contributed by atoms with Crippen LogP contribution in [0.3, 0.4) is 0 Å². The fourth-order valence-electron chi connectivity index (χ4n) is 2.96. The van der Waals surface area contributed by atoms with Crippen LogP contribution in [0.1, 0.15) is 28.8 Å². The molecule has 0 saturated carbocycles. The Morgan fingerprint density at radius 1 is 1.26 bits per heavy atom. The van der Waals surface area contributed by atoms with Crippen molar-refractivity contribution in [3.8, 4) is 0 Å². The van der Waals surface area contributed by atoms with Crippen LogP contribution < -0.4 is 10.6 Å². The van der Waals surface area contributed by atoms with Gasteiger partial charge in [-0.15, -0.1) is 0 Å². The van der Waals surface area contributed by atoms with Crippen molar-refractivity contribution in [1.82, 2.24) is 10.2 Å². The predicted octanol–water partition coefficient (Wildman–Crippen LogP) is 1.02. The molecule has 0 unspecified atom stereocenters. The first-order chi connectivity index (χ1) is 11.2. The van der Waals surface area contributed by atoms with Crippen molar-refractivity contribution in [3.05, 3.63) is 29.3 Å². The number of carbonyl (C=O) groups excluding carboxylic acids is 2. The number of nitrogens with zero attached hydrogens (tertiary/aromatic N) is 1. The normalized spacial score (nSPS) is 18.2. The molecule has 1 aromatic carbocycles. The average molecular weight is 317 g/mol. The molecule has 2 aliphatic heterocycles. The van der Waals surface area contributed by atoms with Gasteiger partial charge in [0.1, 0.15) is 0 Å². The first kappa shape index (κ1) is 16.0. The molecule has 0 radical (unpaired) electrons. The molecule has 1 fully saturated rings. The van der Waals surface area contributed by atoms with Crippen LogP contribution in [0.15, 0.2) is 18.2 Å². The number of anilines is 1. The second kappa shape index (κ2) is 7.57. The molecule has 2 amide bonds. The molecule has 0 aromatic heterocycles. The van der Waals surface area contributed by atoms with E-state index in [4.69, 9.17) is 4.74 Å². The van der Waals surface area contributed by atoms with Crippen molar-refractivity contribution < 1.29 is 14.3 Å². The summed E-state index contributed by atoms with van der Waals surface area (Å²) in [7, 11) is 0. The molecule has 2 aliphatic rings. The van der Waals surface area contributed by atoms with Gasteiger partial charge in [0, 0.05) is 37.3 Å². The minimum atomic E-state index is -0.0494. The number of rotatable bonds is 5. The molecular formula is C17H23N3O3. The minimum Gasteiger partial charge on any atom is -0.379 e. The fourth-order valence-corrected chi connectivity index (χ4v) is 2.96. The lowest BCUT2D eigenvalue weighted by Crippen LogP contribution is -2.38. The van der Waals surface area contributed by atoms with Gasteiger partial charge >= 0.3 is 0 Å². The summed E-state index contributed by atoms with van der Waals surface area (Å²) < 4.78 is 5.32. The number of benzene rings is 1. The van der Waals surface area contributed by atoms with Gasteiger partial charge in [0.15, 0.2) is 0 Å². The third kappa shape index (κ3) is 4.30. The lowest BCUT2D eigenvalue weighted by molar-refractivity contribution is -0.116. The summed E-state index contributed by atoms with van der Waals surface area (Å²) in [5.41, 5.74) is 2.52. The number of nitrogens with one attached hydrogen (secondary N) is 2. The van der Waals surface area contributed by atoms with E-state index in [1.54, 1.807) is 6.07 Å². The summed E-state index contributed by atoms with van der Waals surface area (Å²) in [6.45, 7) is 5.22. The molecule has 3 rings (SSSR count). The maximum atomic E-state index is 12.2. The van der Waals surface area contributed by atoms with Crippen molar-refractivity contribution in [2.75, 3.05) is 44.7 Å². The number of amides is 2. The van der Waals surface area contributed by atoms with Gasteiger partial charge in [0.25, 0.3) is 5.91 Å². The molecule has 23 heavy (non-hydrogen) atoms. The standard InChI is InChI=1S/C17H23N3O3/c21-16-5-3-13-12-14(2-4-15(13)19-16)17(22)18-6-1-7-20-8-10-23-11-9-20/h2,4,12H,1,3,5-11H2,(H,18,22)(H,19,21). The smallest absolute Gasteiger partial charge is 0.251 e. The van der Waals surface area contributed by atoms with Gasteiger partial charge in [-0.05, 0) is 43.1 Å². The number of hydrogen-bond donors (Lipinski definition) is 2. The van der Waals surface area contributed by atoms with Crippen LogP contribution in [0.4, 0.5) is 5.69 Å². The van der Waals surface area contributed by atoms with Crippen LogP contribution in [0, 0.1) is 0 Å². The Balaban J connectivity index is 1.45. The van der Waals surface area contributed by atoms with Gasteiger partial charge < -0.3 is 15.4 Å². The SMILES string of the molecule is O=C1CCc2cc(C(=O)NCCCN3CCOCC3)ccc2N1. The van der Waals surface area contributed by atoms with Crippen molar-refractivity contribution in [2.45, 2.75) is 19.3 Å². The molecule has 1 aromatic rings. The van der Waals surface area contributed by atoms with Gasteiger partial charge in [-0.2, -0.15) is 0 Å². The first-order valence-corrected chi connectivity index (χ1v) is 8.23. The van der Waals surface area contributed by atoms with Gasteiger partial charge in [0.05, 0.1) is 13.2 Å². The number of ether oxygens (including phenoxy) is 1. The lowest BCUT2D eigenvalue weighted by Gasteiger charge is -2.26. The van der Waals surface area contributed by atoms with E-state index in [2.05, 4.69) is 15.5 Å². The van der Waals surface area contributed by atoms with Crippen molar-refractivity contribution in [2.24, 2.45) is 0 Å². The summed E-state index contributed by atoms with van der Waals surface area (Å²) in [6, 6.07) is 5.46. The average Bonchev–Trinajstić information content (AvgIpc) is 2.59. The first-order valence-electron chi connectivity index (χ1n) is 8.23. The Morgan fingerprint density at radius 2 is 2.09 bits per heavy atom. The van der Waals surface area contributed by atoms with E-state index in [1.165, 1.54) is 0 Å². The van der Waals surface area contributed by atoms with Gasteiger partial charge in [-0.25, -0.2) is 0 Å². The zero-order chi connectivity index (χ0) is 16.1. The van der Waals surface area contributed by atoms with E-state index in [0.717, 1.165) is 50.5 Å². The molecule has 1 saturated heterocycles. The van der Waals surface area contributed by atoms with E-state index in [0.29, 0.717) is 24.9 Å². The molecule has 0 bridgehead atoms. The van der Waals surface area contributed by atoms with Crippen molar-refractivity contribution in [1.29, 1.82) is 0 Å². The molecule has 0 aliphatic carbocycles. The molecule has 0 spiro atoms. The summed E-state index contributed by atoms with van der Waals surface area (Å²) in [4.78, 5) is 25.9. The molecule has 0 atom stereocenters. The second-order valence-electron chi connectivity index (χ2n) is 5.98. The van der Waals surface area contributed by atoms with Crippen LogP contribution in [-0.2, 0) is 16.0 Å². The van der Waals surface area contributed by atoms with Crippen LogP contribution in [0.5, 0.6) is 0 Å². The third-order valence-corrected chi connectivity index (χ3v) is 4.30. The monoisotopic (exact) mass is 317 g/mol. The third-order valence-electron chi connectivity index (χ3n) is 4.30. The molecule has 6 heteroatoms. The molecule has 2 N–H and O–H groups in total. The number of hydrogen-bond acceptors (Lipinski definition) is 4. The highest BCUT2D eigenvalue weighted by Gasteiger charge is 2.16. The highest BCUT2D eigenvalue weighted by molar-refractivity contribution is 5.97. The van der Waals surface area contributed by atoms with E-state index in [1.807, 2.05) is 12.1 Å². The van der Waals surface area contributed by atoms with Crippen LogP contribution in [0.25, 0.3) is 0 Å². The van der Waals surface area contributed by atoms with Crippen LogP contribution in [0.2, 0.25) is 0 Å². The van der Waals surface area contributed by atoms with Gasteiger partial charge in [0.2, 0.25) is 5.91 Å². The molecular weight excluding hydrogens is 294 g/mol. The van der Waals surface area contributed by atoms with Crippen LogP contribution in [-0.4, -0.2) is 56.1 Å². The number of fused-ring (bicyclic) bond motifs is 1. The Morgan fingerprint density at radius 3 is 2.91 bits per heavy atom. The highest BCUT2D eigenvalue weighted by Crippen LogP contribution is 2.23. The summed E-state index contributed by atoms with van der Waals surface area (Å²) in [6.07, 6.45) is 2.11. The zero-order valence-corrected chi connectivity index (χ0v) is 13.3. The Labute approximate surface area is 136 Å². The van der Waals surface area contributed by atoms with Gasteiger partial charge in [-0.3, -0.25) is 14.5 Å². The second-order valence-corrected chi connectivity index (χ2v) is 5.98. The fraction of sp³-hybridized carbons (Fsp3) is 0.529. The summed E-state index contributed by atoms with van der Waals surface area (Å²) in [5, 5.41) is 5.80. The minimum absolute atomic E-state index is 0.0396. The van der Waals surface area contributed by atoms with E-state index in [9.17, 15) is 9.59 Å². The number of morpholine rings is 1. The largest absolute Gasteiger partial charge is 0.379 e. The number of carbonyl (C=O) groups is 2. The van der Waals surface area contributed by atoms with Crippen LogP contribution >= 0.6 is 0 Å². The molecule has 124 valence electrons. The summed E-state index contributed by atoms with van der Waals surface area (Å²) in [5.74, 6) is -0.00973. The maximum Gasteiger partial charge on any atom is 0.251 e. The molecule has 6 nitrogen and oxygen atoms in total. The Kier molecular flexibility index (Phi) is 5.25.